The van der Waals surface area contributed by atoms with Crippen molar-refractivity contribution in [3.8, 4) is 0 Å². The van der Waals surface area contributed by atoms with Crippen molar-refractivity contribution in [2.75, 3.05) is 6.61 Å². The molecule has 11 heteroatoms. The van der Waals surface area contributed by atoms with Crippen LogP contribution in [0.1, 0.15) is 0 Å². The fourth-order valence-electron chi connectivity index (χ4n) is 2.08. The molecule has 3 aliphatic rings. The van der Waals surface area contributed by atoms with Gasteiger partial charge < -0.3 is 25.2 Å². The van der Waals surface area contributed by atoms with Crippen LogP contribution in [-0.2, 0) is 22.9 Å². The van der Waals surface area contributed by atoms with Gasteiger partial charge in [0.15, 0.2) is 0 Å². The SMILES string of the molecule is N[C@@]12OP3(=O)O[C@]1(O)O[C@H](CO)[C@@H](O)[C@@]2(O)O3. The lowest BCUT2D eigenvalue weighted by Crippen LogP contribution is -2.82. The highest BCUT2D eigenvalue weighted by Gasteiger charge is 2.88. The third-order valence-electron chi connectivity index (χ3n) is 2.99. The van der Waals surface area contributed by atoms with E-state index in [1.807, 2.05) is 0 Å². The summed E-state index contributed by atoms with van der Waals surface area (Å²) in [5, 5.41) is 38.6. The Morgan fingerprint density at radius 2 is 1.94 bits per heavy atom. The van der Waals surface area contributed by atoms with E-state index in [0.29, 0.717) is 0 Å². The first-order chi connectivity index (χ1) is 7.70. The van der Waals surface area contributed by atoms with E-state index in [1.165, 1.54) is 0 Å². The molecule has 0 aliphatic carbocycles. The summed E-state index contributed by atoms with van der Waals surface area (Å²) in [5.74, 6) is -5.48. The number of rotatable bonds is 1. The maximum absolute atomic E-state index is 11.7. The molecule has 98 valence electrons. The molecule has 3 heterocycles. The van der Waals surface area contributed by atoms with Gasteiger partial charge in [-0.1, -0.05) is 0 Å². The number of phosphoric ester groups is 1. The fraction of sp³-hybridized carbons (Fsp3) is 1.00. The summed E-state index contributed by atoms with van der Waals surface area (Å²) in [5.41, 5.74) is 2.93. The monoisotopic (exact) mass is 271 g/mol. The summed E-state index contributed by atoms with van der Waals surface area (Å²) < 4.78 is 30.1. The first kappa shape index (κ1) is 11.9. The largest absolute Gasteiger partial charge is 0.484 e. The Balaban J connectivity index is 2.15. The lowest BCUT2D eigenvalue weighted by Gasteiger charge is -2.51. The van der Waals surface area contributed by atoms with Gasteiger partial charge in [0.05, 0.1) is 6.61 Å². The normalized spacial score (nSPS) is 65.2. The summed E-state index contributed by atoms with van der Waals surface area (Å²) in [6.07, 6.45) is -3.32. The maximum Gasteiger partial charge on any atom is 0.484 e. The molecular weight excluding hydrogens is 261 g/mol. The van der Waals surface area contributed by atoms with E-state index < -0.39 is 44.1 Å². The summed E-state index contributed by atoms with van der Waals surface area (Å²) in [4.78, 5) is 0. The van der Waals surface area contributed by atoms with Gasteiger partial charge in [-0.2, -0.15) is 0 Å². The van der Waals surface area contributed by atoms with E-state index >= 15 is 0 Å². The predicted octanol–water partition coefficient (Wildman–Crippen LogP) is -3.09. The molecule has 1 unspecified atom stereocenters. The van der Waals surface area contributed by atoms with Crippen LogP contribution in [-0.4, -0.2) is 56.7 Å². The third kappa shape index (κ3) is 1.09. The Kier molecular flexibility index (Phi) is 2.03. The molecule has 17 heavy (non-hydrogen) atoms. The second-order valence-corrected chi connectivity index (χ2v) is 5.46. The zero-order chi connectivity index (χ0) is 12.7. The van der Waals surface area contributed by atoms with Crippen LogP contribution in [0, 0.1) is 0 Å². The number of ether oxygens (including phenoxy) is 1. The molecule has 0 aromatic rings. The van der Waals surface area contributed by atoms with Crippen LogP contribution in [0.25, 0.3) is 0 Å². The van der Waals surface area contributed by atoms with Gasteiger partial charge in [-0.3, -0.25) is 5.73 Å². The van der Waals surface area contributed by atoms with Crippen molar-refractivity contribution in [3.05, 3.63) is 0 Å². The molecule has 3 fully saturated rings. The van der Waals surface area contributed by atoms with Crippen LogP contribution < -0.4 is 5.73 Å². The van der Waals surface area contributed by atoms with Crippen molar-refractivity contribution in [2.24, 2.45) is 5.73 Å². The van der Waals surface area contributed by atoms with Gasteiger partial charge in [0.1, 0.15) is 12.2 Å². The lowest BCUT2D eigenvalue weighted by molar-refractivity contribution is -0.482. The molecule has 3 saturated heterocycles. The third-order valence-corrected chi connectivity index (χ3v) is 4.47. The van der Waals surface area contributed by atoms with Gasteiger partial charge in [0.25, 0.3) is 11.5 Å². The quantitative estimate of drug-likeness (QED) is 0.309. The van der Waals surface area contributed by atoms with Crippen molar-refractivity contribution >= 4 is 7.82 Å². The molecule has 3 rings (SSSR count). The molecule has 0 spiro atoms. The number of aliphatic hydroxyl groups is 4. The van der Waals surface area contributed by atoms with Gasteiger partial charge in [-0.15, -0.1) is 0 Å². The van der Waals surface area contributed by atoms with Gasteiger partial charge in [0, 0.05) is 0 Å². The molecule has 2 bridgehead atoms. The number of hydrogen-bond acceptors (Lipinski definition) is 10. The molecule has 6 N–H and O–H groups in total. The van der Waals surface area contributed by atoms with E-state index in [-0.39, 0.29) is 0 Å². The van der Waals surface area contributed by atoms with E-state index in [0.717, 1.165) is 0 Å². The average Bonchev–Trinajstić information content (AvgIpc) is 2.54. The van der Waals surface area contributed by atoms with Gasteiger partial charge in [-0.25, -0.2) is 18.1 Å². The first-order valence-corrected chi connectivity index (χ1v) is 6.08. The minimum atomic E-state index is -4.32. The van der Waals surface area contributed by atoms with E-state index in [4.69, 9.17) is 15.6 Å². The maximum atomic E-state index is 11.7. The molecule has 6 atom stereocenters. The lowest BCUT2D eigenvalue weighted by atomic mass is 9.88. The topological polar surface area (TPSA) is 161 Å². The van der Waals surface area contributed by atoms with Crippen LogP contribution in [0.15, 0.2) is 0 Å². The molecule has 0 aromatic carbocycles. The molecule has 0 aromatic heterocycles. The minimum absolute atomic E-state index is 0.765. The smallest absolute Gasteiger partial charge is 0.394 e. The number of nitrogens with two attached hydrogens (primary N) is 1. The standard InChI is InChI=1S/C6H10NO9P/c7-5-4(10)3(9)2(1-8)13-6(5,11)16-17(12,14-4)15-5/h2-3,8-11H,1,7H2/t2-,3-,4-,5+,6-,17?/m1/s1. The fourth-order valence-corrected chi connectivity index (χ4v) is 3.86. The number of hydrogen-bond donors (Lipinski definition) is 5. The predicted molar refractivity (Wildman–Crippen MR) is 45.6 cm³/mol. The second-order valence-electron chi connectivity index (χ2n) is 4.02. The Morgan fingerprint density at radius 1 is 1.29 bits per heavy atom. The first-order valence-electron chi connectivity index (χ1n) is 4.62. The van der Waals surface area contributed by atoms with Crippen molar-refractivity contribution in [3.63, 3.8) is 0 Å². The molecule has 0 amide bonds. The Labute approximate surface area is 94.1 Å². The molecular formula is C6H10NO9P. The minimum Gasteiger partial charge on any atom is -0.394 e. The van der Waals surface area contributed by atoms with E-state index in [1.54, 1.807) is 0 Å². The zero-order valence-corrected chi connectivity index (χ0v) is 9.11. The van der Waals surface area contributed by atoms with Crippen molar-refractivity contribution in [1.29, 1.82) is 0 Å². The highest BCUT2D eigenvalue weighted by molar-refractivity contribution is 7.49. The molecule has 3 aliphatic heterocycles. The van der Waals surface area contributed by atoms with Crippen LogP contribution in [0.4, 0.5) is 0 Å². The molecule has 0 saturated carbocycles. The Bertz CT molecular complexity index is 432. The Morgan fingerprint density at radius 3 is 2.47 bits per heavy atom. The number of aliphatic hydroxyl groups excluding tert-OH is 2. The average molecular weight is 271 g/mol. The summed E-state index contributed by atoms with van der Waals surface area (Å²) in [7, 11) is -4.32. The summed E-state index contributed by atoms with van der Waals surface area (Å²) in [6.45, 7) is -0.765. The van der Waals surface area contributed by atoms with Crippen LogP contribution in [0.2, 0.25) is 0 Å². The van der Waals surface area contributed by atoms with Crippen LogP contribution in [0.5, 0.6) is 0 Å². The van der Waals surface area contributed by atoms with E-state index in [9.17, 15) is 19.9 Å². The Hall–Kier alpha value is -0.130. The zero-order valence-electron chi connectivity index (χ0n) is 8.22. The molecule has 0 radical (unpaired) electrons. The highest BCUT2D eigenvalue weighted by Crippen LogP contribution is 2.75. The van der Waals surface area contributed by atoms with Gasteiger partial charge in [-0.05, 0) is 0 Å². The highest BCUT2D eigenvalue weighted by atomic mass is 31.2. The van der Waals surface area contributed by atoms with Crippen molar-refractivity contribution < 1.29 is 43.3 Å². The number of phosphoric acid groups is 1. The number of fused-ring (bicyclic) bond motifs is 1. The summed E-state index contributed by atoms with van der Waals surface area (Å²) in [6, 6.07) is 0. The van der Waals surface area contributed by atoms with Gasteiger partial charge >= 0.3 is 13.8 Å². The van der Waals surface area contributed by atoms with Crippen molar-refractivity contribution in [1.82, 2.24) is 0 Å². The molecule has 10 nitrogen and oxygen atoms in total. The van der Waals surface area contributed by atoms with Crippen molar-refractivity contribution in [2.45, 2.75) is 29.7 Å². The van der Waals surface area contributed by atoms with Gasteiger partial charge in [0.2, 0.25) is 0 Å². The van der Waals surface area contributed by atoms with Crippen LogP contribution in [0.3, 0.4) is 0 Å². The van der Waals surface area contributed by atoms with Crippen LogP contribution >= 0.6 is 7.82 Å². The second kappa shape index (κ2) is 2.89. The van der Waals surface area contributed by atoms with E-state index in [2.05, 4.69) is 13.6 Å². The summed E-state index contributed by atoms with van der Waals surface area (Å²) >= 11 is 0.